The van der Waals surface area contributed by atoms with Gasteiger partial charge < -0.3 is 19.9 Å². The van der Waals surface area contributed by atoms with Gasteiger partial charge in [-0.1, -0.05) is 12.1 Å². The van der Waals surface area contributed by atoms with Crippen molar-refractivity contribution in [2.24, 2.45) is 5.73 Å². The van der Waals surface area contributed by atoms with E-state index < -0.39 is 12.5 Å². The zero-order chi connectivity index (χ0) is 19.6. The van der Waals surface area contributed by atoms with Gasteiger partial charge in [-0.05, 0) is 19.4 Å². The second-order valence-electron chi connectivity index (χ2n) is 6.02. The summed E-state index contributed by atoms with van der Waals surface area (Å²) in [6.07, 6.45) is 1.36. The quantitative estimate of drug-likeness (QED) is 0.845. The smallest absolute Gasteiger partial charge is 0.387 e. The highest BCUT2D eigenvalue weighted by molar-refractivity contribution is 5.99. The molecule has 0 bridgehead atoms. The van der Waals surface area contributed by atoms with Crippen molar-refractivity contribution in [3.8, 4) is 17.6 Å². The molecule has 1 aliphatic carbocycles. The van der Waals surface area contributed by atoms with Gasteiger partial charge in [-0.3, -0.25) is 4.79 Å². The molecule has 0 unspecified atom stereocenters. The molecule has 142 valence electrons. The van der Waals surface area contributed by atoms with Crippen LogP contribution in [0.2, 0.25) is 0 Å². The third-order valence-electron chi connectivity index (χ3n) is 4.43. The summed E-state index contributed by atoms with van der Waals surface area (Å²) in [5.41, 5.74) is 6.35. The van der Waals surface area contributed by atoms with Crippen LogP contribution in [0, 0.1) is 11.3 Å². The fraction of sp³-hybridized carbons (Fsp3) is 0.368. The third kappa shape index (κ3) is 3.45. The van der Waals surface area contributed by atoms with Crippen molar-refractivity contribution in [3.05, 3.63) is 46.6 Å². The summed E-state index contributed by atoms with van der Waals surface area (Å²) < 4.78 is 41.8. The van der Waals surface area contributed by atoms with Crippen LogP contribution >= 0.6 is 0 Å². The van der Waals surface area contributed by atoms with Crippen LogP contribution in [0.1, 0.15) is 37.7 Å². The second kappa shape index (κ2) is 7.66. The lowest BCUT2D eigenvalue weighted by molar-refractivity contribution is -0.116. The van der Waals surface area contributed by atoms with E-state index in [0.717, 1.165) is 0 Å². The number of allylic oxidation sites excluding steroid dienone is 3. The highest BCUT2D eigenvalue weighted by atomic mass is 19.3. The van der Waals surface area contributed by atoms with Gasteiger partial charge in [0.25, 0.3) is 0 Å². The van der Waals surface area contributed by atoms with Gasteiger partial charge in [-0.15, -0.1) is 0 Å². The molecule has 1 heterocycles. The van der Waals surface area contributed by atoms with E-state index in [-0.39, 0.29) is 52.9 Å². The van der Waals surface area contributed by atoms with E-state index in [0.29, 0.717) is 18.6 Å². The van der Waals surface area contributed by atoms with Gasteiger partial charge in [-0.2, -0.15) is 14.0 Å². The third-order valence-corrected chi connectivity index (χ3v) is 4.43. The standard InChI is InChI=1S/C19H18F2N2O4/c1-2-25-14-8-3-5-10(17(14)27-19(20)21)15-11(9-22)18(23)26-13-7-4-6-12(24)16(13)15/h3,5,8,15,19H,2,4,6-7,23H2,1H3/t15-/m1/s1. The van der Waals surface area contributed by atoms with E-state index in [4.69, 9.17) is 19.9 Å². The summed E-state index contributed by atoms with van der Waals surface area (Å²) in [4.78, 5) is 12.6. The predicted molar refractivity (Wildman–Crippen MR) is 90.8 cm³/mol. The Morgan fingerprint density at radius 1 is 1.41 bits per heavy atom. The molecule has 1 atom stereocenters. The van der Waals surface area contributed by atoms with E-state index in [1.54, 1.807) is 13.0 Å². The lowest BCUT2D eigenvalue weighted by atomic mass is 9.77. The van der Waals surface area contributed by atoms with Crippen LogP contribution in [-0.4, -0.2) is 19.0 Å². The Bertz CT molecular complexity index is 871. The highest BCUT2D eigenvalue weighted by Crippen LogP contribution is 2.48. The fourth-order valence-corrected chi connectivity index (χ4v) is 3.41. The Morgan fingerprint density at radius 2 is 2.19 bits per heavy atom. The molecule has 0 radical (unpaired) electrons. The van der Waals surface area contributed by atoms with Gasteiger partial charge in [0.05, 0.1) is 12.5 Å². The first-order chi connectivity index (χ1) is 13.0. The first-order valence-electron chi connectivity index (χ1n) is 8.52. The summed E-state index contributed by atoms with van der Waals surface area (Å²) >= 11 is 0. The summed E-state index contributed by atoms with van der Waals surface area (Å²) in [5, 5.41) is 9.59. The molecule has 0 spiro atoms. The minimum atomic E-state index is -3.10. The fourth-order valence-electron chi connectivity index (χ4n) is 3.41. The van der Waals surface area contributed by atoms with E-state index in [9.17, 15) is 18.8 Å². The molecule has 0 amide bonds. The van der Waals surface area contributed by atoms with Gasteiger partial charge in [0.1, 0.15) is 17.4 Å². The first-order valence-corrected chi connectivity index (χ1v) is 8.52. The van der Waals surface area contributed by atoms with Crippen molar-refractivity contribution in [1.82, 2.24) is 0 Å². The molecular weight excluding hydrogens is 358 g/mol. The van der Waals surface area contributed by atoms with Crippen LogP contribution in [0.25, 0.3) is 0 Å². The average molecular weight is 376 g/mol. The molecule has 2 N–H and O–H groups in total. The predicted octanol–water partition coefficient (Wildman–Crippen LogP) is 3.50. The minimum Gasteiger partial charge on any atom is -0.490 e. The van der Waals surface area contributed by atoms with Gasteiger partial charge in [0.15, 0.2) is 17.3 Å². The maximum Gasteiger partial charge on any atom is 0.387 e. The molecule has 1 aromatic rings. The van der Waals surface area contributed by atoms with Crippen LogP contribution in [0.5, 0.6) is 11.5 Å². The number of carbonyl (C=O) groups is 1. The van der Waals surface area contributed by atoms with E-state index in [1.807, 2.05) is 6.07 Å². The molecule has 8 heteroatoms. The summed E-state index contributed by atoms with van der Waals surface area (Å²) in [6, 6.07) is 6.55. The highest BCUT2D eigenvalue weighted by Gasteiger charge is 2.40. The maximum absolute atomic E-state index is 13.1. The Balaban J connectivity index is 2.24. The molecule has 1 aliphatic heterocycles. The Morgan fingerprint density at radius 3 is 2.85 bits per heavy atom. The normalized spacial score (nSPS) is 19.5. The number of hydrogen-bond donors (Lipinski definition) is 1. The van der Waals surface area contributed by atoms with Gasteiger partial charge in [0, 0.05) is 24.0 Å². The van der Waals surface area contributed by atoms with Gasteiger partial charge in [0.2, 0.25) is 5.88 Å². The molecule has 0 saturated heterocycles. The summed E-state index contributed by atoms with van der Waals surface area (Å²) in [5.74, 6) is -1.03. The van der Waals surface area contributed by atoms with Crippen molar-refractivity contribution < 1.29 is 27.8 Å². The molecule has 0 aromatic heterocycles. The number of nitrogens with zero attached hydrogens (tertiary/aromatic N) is 1. The van der Waals surface area contributed by atoms with E-state index >= 15 is 0 Å². The summed E-state index contributed by atoms with van der Waals surface area (Å²) in [7, 11) is 0. The van der Waals surface area contributed by atoms with Crippen LogP contribution in [0.3, 0.4) is 0 Å². The maximum atomic E-state index is 13.1. The molecule has 1 aromatic carbocycles. The molecule has 27 heavy (non-hydrogen) atoms. The van der Waals surface area contributed by atoms with Crippen molar-refractivity contribution >= 4 is 5.78 Å². The number of hydrogen-bond acceptors (Lipinski definition) is 6. The second-order valence-corrected chi connectivity index (χ2v) is 6.02. The monoisotopic (exact) mass is 376 g/mol. The van der Waals surface area contributed by atoms with Gasteiger partial charge in [-0.25, -0.2) is 0 Å². The number of rotatable bonds is 5. The molecular formula is C19H18F2N2O4. The molecule has 6 nitrogen and oxygen atoms in total. The van der Waals surface area contributed by atoms with Crippen molar-refractivity contribution in [1.29, 1.82) is 5.26 Å². The van der Waals surface area contributed by atoms with Crippen LogP contribution in [-0.2, 0) is 9.53 Å². The number of nitrogens with two attached hydrogens (primary N) is 1. The topological polar surface area (TPSA) is 94.6 Å². The van der Waals surface area contributed by atoms with Crippen molar-refractivity contribution in [2.75, 3.05) is 6.61 Å². The molecule has 0 saturated carbocycles. The first kappa shape index (κ1) is 18.7. The SMILES string of the molecule is CCOc1cccc([C@@H]2C(C#N)=C(N)OC3=C2C(=O)CCC3)c1OC(F)F. The number of ketones is 1. The number of para-hydroxylation sites is 1. The zero-order valence-corrected chi connectivity index (χ0v) is 14.6. The Hall–Kier alpha value is -3.08. The van der Waals surface area contributed by atoms with Crippen molar-refractivity contribution in [3.63, 3.8) is 0 Å². The number of halogens is 2. The number of benzene rings is 1. The van der Waals surface area contributed by atoms with Crippen LogP contribution in [0.4, 0.5) is 8.78 Å². The molecule has 3 rings (SSSR count). The van der Waals surface area contributed by atoms with Crippen LogP contribution in [0.15, 0.2) is 41.0 Å². The Labute approximate surface area is 154 Å². The number of nitriles is 1. The van der Waals surface area contributed by atoms with Crippen LogP contribution < -0.4 is 15.2 Å². The average Bonchev–Trinajstić information content (AvgIpc) is 2.62. The Kier molecular flexibility index (Phi) is 5.31. The number of ether oxygens (including phenoxy) is 3. The minimum absolute atomic E-state index is 0.0169. The zero-order valence-electron chi connectivity index (χ0n) is 14.6. The largest absolute Gasteiger partial charge is 0.490 e. The lowest BCUT2D eigenvalue weighted by Crippen LogP contribution is -2.28. The molecule has 2 aliphatic rings. The lowest BCUT2D eigenvalue weighted by Gasteiger charge is -2.32. The number of carbonyl (C=O) groups excluding carboxylic acids is 1. The van der Waals surface area contributed by atoms with Gasteiger partial charge >= 0.3 is 6.61 Å². The van der Waals surface area contributed by atoms with E-state index in [2.05, 4.69) is 0 Å². The summed E-state index contributed by atoms with van der Waals surface area (Å²) in [6.45, 7) is -1.17. The van der Waals surface area contributed by atoms with E-state index in [1.165, 1.54) is 12.1 Å². The van der Waals surface area contributed by atoms with Crippen molar-refractivity contribution in [2.45, 2.75) is 38.7 Å². The number of Topliss-reactive ketones (excluding diaryl/α,β-unsaturated/α-hetero) is 1. The number of alkyl halides is 2. The molecule has 0 fully saturated rings.